The molecule has 1 unspecified atom stereocenters. The number of aryl methyl sites for hydroxylation is 2. The molecule has 1 aliphatic carbocycles. The summed E-state index contributed by atoms with van der Waals surface area (Å²) < 4.78 is 6.83. The van der Waals surface area contributed by atoms with Crippen molar-refractivity contribution in [3.05, 3.63) is 94.2 Å². The second-order valence-corrected chi connectivity index (χ2v) is 10.9. The zero-order valence-corrected chi connectivity index (χ0v) is 23.2. The van der Waals surface area contributed by atoms with Crippen molar-refractivity contribution in [1.82, 2.24) is 20.1 Å². The van der Waals surface area contributed by atoms with Crippen molar-refractivity contribution in [2.24, 2.45) is 0 Å². The van der Waals surface area contributed by atoms with E-state index in [9.17, 15) is 9.90 Å². The molecule has 3 heterocycles. The molecule has 7 nitrogen and oxygen atoms in total. The van der Waals surface area contributed by atoms with Gasteiger partial charge in [0, 0.05) is 5.56 Å². The maximum atomic E-state index is 11.6. The molecule has 4 aromatic rings. The molecule has 0 bridgehead atoms. The number of carbonyl (C=O) groups is 1. The van der Waals surface area contributed by atoms with Crippen LogP contribution in [0.25, 0.3) is 17.1 Å². The van der Waals surface area contributed by atoms with Gasteiger partial charge in [0.25, 0.3) is 0 Å². The summed E-state index contributed by atoms with van der Waals surface area (Å²) in [6.45, 7) is 4.50. The van der Waals surface area contributed by atoms with Crippen LogP contribution in [0.2, 0.25) is 0 Å². The number of aromatic nitrogens is 3. The van der Waals surface area contributed by atoms with Crippen LogP contribution in [0, 0.1) is 0 Å². The highest BCUT2D eigenvalue weighted by Gasteiger charge is 2.27. The molecule has 1 aliphatic heterocycles. The average Bonchev–Trinajstić information content (AvgIpc) is 3.62. The number of hydrogen-bond donors (Lipinski definition) is 2. The Kier molecular flexibility index (Phi) is 7.39. The van der Waals surface area contributed by atoms with E-state index in [1.807, 2.05) is 18.2 Å². The number of fused-ring (bicyclic) bond motifs is 1. The Balaban J connectivity index is 1.31. The molecule has 7 heteroatoms. The summed E-state index contributed by atoms with van der Waals surface area (Å²) in [7, 11) is 1.45. The van der Waals surface area contributed by atoms with Gasteiger partial charge in [-0.15, -0.1) is 0 Å². The van der Waals surface area contributed by atoms with Crippen LogP contribution in [0.4, 0.5) is 0 Å². The van der Waals surface area contributed by atoms with Crippen LogP contribution >= 0.6 is 0 Å². The van der Waals surface area contributed by atoms with Gasteiger partial charge in [-0.2, -0.15) is 9.78 Å². The number of carboxylic acids is 1. The maximum absolute atomic E-state index is 11.6. The van der Waals surface area contributed by atoms with Gasteiger partial charge >= 0.3 is 5.97 Å². The Morgan fingerprint density at radius 2 is 1.93 bits per heavy atom. The van der Waals surface area contributed by atoms with Gasteiger partial charge < -0.3 is 15.2 Å². The second kappa shape index (κ2) is 11.3. The molecule has 2 aliphatic rings. The SMILES string of the molecule is CCc1cc(CC2CCc3cccc(-c4cccc(-n5ncc(C(=O)O)c5OC)n4)c32)ccc1C1CCNCC1. The molecule has 206 valence electrons. The van der Waals surface area contributed by atoms with Crippen LogP contribution in [0.1, 0.15) is 76.2 Å². The van der Waals surface area contributed by atoms with E-state index in [4.69, 9.17) is 9.72 Å². The highest BCUT2D eigenvalue weighted by atomic mass is 16.5. The van der Waals surface area contributed by atoms with Crippen molar-refractivity contribution < 1.29 is 14.6 Å². The number of rotatable bonds is 8. The van der Waals surface area contributed by atoms with E-state index in [-0.39, 0.29) is 11.4 Å². The second-order valence-electron chi connectivity index (χ2n) is 10.9. The lowest BCUT2D eigenvalue weighted by Gasteiger charge is -2.26. The Morgan fingerprint density at radius 1 is 1.10 bits per heavy atom. The molecule has 1 atom stereocenters. The van der Waals surface area contributed by atoms with E-state index in [1.165, 1.54) is 53.1 Å². The lowest BCUT2D eigenvalue weighted by molar-refractivity contribution is 0.0693. The van der Waals surface area contributed by atoms with E-state index >= 15 is 0 Å². The lowest BCUT2D eigenvalue weighted by Crippen LogP contribution is -2.27. The van der Waals surface area contributed by atoms with Gasteiger partial charge in [0.2, 0.25) is 5.88 Å². The number of hydrogen-bond acceptors (Lipinski definition) is 5. The summed E-state index contributed by atoms with van der Waals surface area (Å²) in [5, 5.41) is 17.3. The van der Waals surface area contributed by atoms with Crippen LogP contribution in [-0.2, 0) is 19.3 Å². The van der Waals surface area contributed by atoms with E-state index in [2.05, 4.69) is 53.7 Å². The van der Waals surface area contributed by atoms with Gasteiger partial charge in [-0.05, 0) is 103 Å². The monoisotopic (exact) mass is 536 g/mol. The van der Waals surface area contributed by atoms with Gasteiger partial charge in [0.15, 0.2) is 5.82 Å². The number of nitrogens with one attached hydrogen (secondary N) is 1. The third kappa shape index (κ3) is 4.90. The summed E-state index contributed by atoms with van der Waals surface area (Å²) in [6.07, 6.45) is 8.01. The van der Waals surface area contributed by atoms with Crippen molar-refractivity contribution >= 4 is 5.97 Å². The summed E-state index contributed by atoms with van der Waals surface area (Å²) >= 11 is 0. The van der Waals surface area contributed by atoms with Crippen molar-refractivity contribution in [2.45, 2.75) is 57.3 Å². The number of methoxy groups -OCH3 is 1. The summed E-state index contributed by atoms with van der Waals surface area (Å²) in [6, 6.07) is 19.5. The Bertz CT molecular complexity index is 1540. The molecule has 6 rings (SSSR count). The standard InChI is InChI=1S/C33H36N4O3/c1-3-22-18-21(10-13-26(22)23-14-16-34-17-15-23)19-25-12-11-24-6-4-7-27(31(24)25)29-8-5-9-30(36-29)37-32(40-2)28(20-35-37)33(38)39/h4-10,13,18,20,23,25,34H,3,11-12,14-17,19H2,1-2H3,(H,38,39). The quantitative estimate of drug-likeness (QED) is 0.290. The Morgan fingerprint density at radius 3 is 2.70 bits per heavy atom. The van der Waals surface area contributed by atoms with Crippen LogP contribution in [-0.4, -0.2) is 46.0 Å². The van der Waals surface area contributed by atoms with Crippen LogP contribution in [0.5, 0.6) is 5.88 Å². The predicted molar refractivity (Wildman–Crippen MR) is 156 cm³/mol. The number of carboxylic acid groups (broad SMARTS) is 1. The molecule has 1 fully saturated rings. The summed E-state index contributed by atoms with van der Waals surface area (Å²) in [5.41, 5.74) is 9.22. The molecule has 0 saturated carbocycles. The topological polar surface area (TPSA) is 89.3 Å². The minimum atomic E-state index is -1.09. The number of aromatic carboxylic acids is 1. The Hall–Kier alpha value is -3.97. The number of piperidine rings is 1. The number of benzene rings is 2. The summed E-state index contributed by atoms with van der Waals surface area (Å²) in [4.78, 5) is 16.5. The first-order chi connectivity index (χ1) is 19.6. The van der Waals surface area contributed by atoms with E-state index in [0.29, 0.717) is 17.7 Å². The molecule has 40 heavy (non-hydrogen) atoms. The minimum absolute atomic E-state index is 0.00740. The molecule has 0 amide bonds. The van der Waals surface area contributed by atoms with Gasteiger partial charge in [-0.3, -0.25) is 0 Å². The van der Waals surface area contributed by atoms with Gasteiger partial charge in [0.1, 0.15) is 5.56 Å². The summed E-state index contributed by atoms with van der Waals surface area (Å²) in [5.74, 6) is 0.687. The highest BCUT2D eigenvalue weighted by Crippen LogP contribution is 2.42. The van der Waals surface area contributed by atoms with E-state index in [1.54, 1.807) is 5.56 Å². The van der Waals surface area contributed by atoms with E-state index in [0.717, 1.165) is 50.0 Å². The normalized spacial score (nSPS) is 17.1. The smallest absolute Gasteiger partial charge is 0.342 e. The minimum Gasteiger partial charge on any atom is -0.480 e. The molecular formula is C33H36N4O3. The Labute approximate surface area is 235 Å². The number of pyridine rings is 1. The van der Waals surface area contributed by atoms with E-state index < -0.39 is 5.97 Å². The molecule has 1 saturated heterocycles. The first-order valence-corrected chi connectivity index (χ1v) is 14.3. The van der Waals surface area contributed by atoms with Gasteiger partial charge in [0.05, 0.1) is 19.0 Å². The molecular weight excluding hydrogens is 500 g/mol. The van der Waals surface area contributed by atoms with Crippen LogP contribution in [0.15, 0.2) is 60.8 Å². The van der Waals surface area contributed by atoms with Crippen molar-refractivity contribution in [3.63, 3.8) is 0 Å². The van der Waals surface area contributed by atoms with Crippen molar-refractivity contribution in [3.8, 4) is 23.0 Å². The fourth-order valence-electron chi connectivity index (χ4n) is 6.66. The first-order valence-electron chi connectivity index (χ1n) is 14.3. The number of nitrogens with zero attached hydrogens (tertiary/aromatic N) is 3. The average molecular weight is 537 g/mol. The third-order valence-corrected chi connectivity index (χ3v) is 8.59. The van der Waals surface area contributed by atoms with Crippen molar-refractivity contribution in [1.29, 1.82) is 0 Å². The first kappa shape index (κ1) is 26.3. The zero-order valence-electron chi connectivity index (χ0n) is 23.2. The van der Waals surface area contributed by atoms with Crippen LogP contribution < -0.4 is 10.1 Å². The predicted octanol–water partition coefficient (Wildman–Crippen LogP) is 5.94. The molecule has 0 radical (unpaired) electrons. The fourth-order valence-corrected chi connectivity index (χ4v) is 6.66. The molecule has 0 spiro atoms. The lowest BCUT2D eigenvalue weighted by atomic mass is 9.83. The fraction of sp³-hybridized carbons (Fsp3) is 0.364. The van der Waals surface area contributed by atoms with Gasteiger partial charge in [-0.25, -0.2) is 9.78 Å². The largest absolute Gasteiger partial charge is 0.480 e. The van der Waals surface area contributed by atoms with Gasteiger partial charge in [-0.1, -0.05) is 49.4 Å². The number of ether oxygens (including phenoxy) is 1. The molecule has 2 aromatic carbocycles. The third-order valence-electron chi connectivity index (χ3n) is 8.59. The van der Waals surface area contributed by atoms with Crippen molar-refractivity contribution in [2.75, 3.05) is 20.2 Å². The van der Waals surface area contributed by atoms with Crippen LogP contribution in [0.3, 0.4) is 0 Å². The molecule has 2 aromatic heterocycles. The molecule has 2 N–H and O–H groups in total. The maximum Gasteiger partial charge on any atom is 0.342 e. The zero-order chi connectivity index (χ0) is 27.6. The highest BCUT2D eigenvalue weighted by molar-refractivity contribution is 5.90.